The van der Waals surface area contributed by atoms with E-state index in [2.05, 4.69) is 15.5 Å². The van der Waals surface area contributed by atoms with Crippen LogP contribution in [-0.4, -0.2) is 47.7 Å². The Balaban J connectivity index is 1.99. The van der Waals surface area contributed by atoms with E-state index in [1.54, 1.807) is 0 Å². The molecule has 1 aliphatic rings. The molecule has 17 heavy (non-hydrogen) atoms. The van der Waals surface area contributed by atoms with E-state index in [9.17, 15) is 4.79 Å². The molecule has 2 N–H and O–H groups in total. The third-order valence-corrected chi connectivity index (χ3v) is 3.22. The van der Waals surface area contributed by atoms with Crippen LogP contribution in [0.25, 0.3) is 0 Å². The van der Waals surface area contributed by atoms with Crippen molar-refractivity contribution >= 4 is 5.91 Å². The van der Waals surface area contributed by atoms with Gasteiger partial charge in [-0.25, -0.2) is 0 Å². The average molecular weight is 236 g/mol. The topological polar surface area (TPSA) is 61.0 Å². The van der Waals surface area contributed by atoms with Crippen LogP contribution in [0.1, 0.15) is 29.0 Å². The van der Waals surface area contributed by atoms with E-state index in [-0.39, 0.29) is 5.91 Å². The zero-order valence-corrected chi connectivity index (χ0v) is 10.5. The minimum Gasteiger partial charge on any atom is -0.337 e. The number of aromatic nitrogens is 2. The maximum atomic E-state index is 12.2. The third kappa shape index (κ3) is 2.85. The molecule has 1 unspecified atom stereocenters. The van der Waals surface area contributed by atoms with Crippen molar-refractivity contribution in [3.63, 3.8) is 0 Å². The summed E-state index contributed by atoms with van der Waals surface area (Å²) in [6.07, 6.45) is 2.28. The maximum Gasteiger partial charge on any atom is 0.274 e. The number of hydrogen-bond acceptors (Lipinski definition) is 3. The van der Waals surface area contributed by atoms with Gasteiger partial charge in [-0.2, -0.15) is 5.10 Å². The van der Waals surface area contributed by atoms with Crippen molar-refractivity contribution < 1.29 is 4.79 Å². The van der Waals surface area contributed by atoms with Gasteiger partial charge >= 0.3 is 0 Å². The van der Waals surface area contributed by atoms with Crippen LogP contribution in [0.4, 0.5) is 0 Å². The first-order valence-electron chi connectivity index (χ1n) is 6.16. The highest BCUT2D eigenvalue weighted by atomic mass is 16.2. The number of hydrogen-bond donors (Lipinski definition) is 2. The lowest BCUT2D eigenvalue weighted by Crippen LogP contribution is -2.42. The van der Waals surface area contributed by atoms with Crippen LogP contribution in [0.5, 0.6) is 0 Å². The van der Waals surface area contributed by atoms with Gasteiger partial charge in [0, 0.05) is 18.8 Å². The zero-order chi connectivity index (χ0) is 12.3. The van der Waals surface area contributed by atoms with Crippen LogP contribution < -0.4 is 5.32 Å². The predicted molar refractivity (Wildman–Crippen MR) is 65.9 cm³/mol. The molecule has 0 saturated carbocycles. The lowest BCUT2D eigenvalue weighted by atomic mass is 9.98. The van der Waals surface area contributed by atoms with Gasteiger partial charge in [-0.3, -0.25) is 9.89 Å². The molecule has 0 radical (unpaired) electrons. The molecule has 2 heterocycles. The Morgan fingerprint density at radius 2 is 2.53 bits per heavy atom. The van der Waals surface area contributed by atoms with Gasteiger partial charge in [0.2, 0.25) is 0 Å². The second-order valence-electron chi connectivity index (χ2n) is 4.75. The Bertz CT molecular complexity index is 386. The van der Waals surface area contributed by atoms with Crippen molar-refractivity contribution in [1.82, 2.24) is 20.4 Å². The van der Waals surface area contributed by atoms with Crippen molar-refractivity contribution in [3.05, 3.63) is 17.5 Å². The Morgan fingerprint density at radius 3 is 3.18 bits per heavy atom. The van der Waals surface area contributed by atoms with Crippen LogP contribution >= 0.6 is 0 Å². The Labute approximate surface area is 102 Å². The highest BCUT2D eigenvalue weighted by Gasteiger charge is 2.25. The van der Waals surface area contributed by atoms with Crippen LogP contribution in [-0.2, 0) is 0 Å². The van der Waals surface area contributed by atoms with Gasteiger partial charge in [0.05, 0.1) is 0 Å². The summed E-state index contributed by atoms with van der Waals surface area (Å²) in [5.74, 6) is 0.618. The fourth-order valence-corrected chi connectivity index (χ4v) is 2.39. The quantitative estimate of drug-likeness (QED) is 0.815. The van der Waals surface area contributed by atoms with E-state index >= 15 is 0 Å². The predicted octanol–water partition coefficient (Wildman–Crippen LogP) is 0.790. The Hall–Kier alpha value is -1.36. The number of nitrogens with one attached hydrogen (secondary N) is 2. The minimum absolute atomic E-state index is 0.0511. The second kappa shape index (κ2) is 5.31. The highest BCUT2D eigenvalue weighted by Crippen LogP contribution is 2.17. The monoisotopic (exact) mass is 236 g/mol. The van der Waals surface area contributed by atoms with Crippen molar-refractivity contribution in [2.24, 2.45) is 5.92 Å². The number of H-pyrrole nitrogens is 1. The number of aromatic amines is 1. The lowest BCUT2D eigenvalue weighted by molar-refractivity contribution is 0.0668. The highest BCUT2D eigenvalue weighted by molar-refractivity contribution is 5.92. The molecule has 0 spiro atoms. The Kier molecular flexibility index (Phi) is 3.78. The van der Waals surface area contributed by atoms with Crippen molar-refractivity contribution in [3.8, 4) is 0 Å². The van der Waals surface area contributed by atoms with E-state index in [1.807, 2.05) is 24.9 Å². The van der Waals surface area contributed by atoms with Gasteiger partial charge in [-0.05, 0) is 45.3 Å². The summed E-state index contributed by atoms with van der Waals surface area (Å²) < 4.78 is 0. The molecule has 5 nitrogen and oxygen atoms in total. The first kappa shape index (κ1) is 12.1. The van der Waals surface area contributed by atoms with Crippen molar-refractivity contribution in [1.29, 1.82) is 0 Å². The zero-order valence-electron chi connectivity index (χ0n) is 10.5. The molecule has 0 aliphatic carbocycles. The number of amides is 1. The van der Waals surface area contributed by atoms with E-state index in [0.717, 1.165) is 31.7 Å². The van der Waals surface area contributed by atoms with Gasteiger partial charge in [0.25, 0.3) is 5.91 Å². The van der Waals surface area contributed by atoms with E-state index in [4.69, 9.17) is 0 Å². The molecule has 1 saturated heterocycles. The number of aryl methyl sites for hydroxylation is 1. The number of carbonyl (C=O) groups is 1. The van der Waals surface area contributed by atoms with Gasteiger partial charge in [-0.1, -0.05) is 0 Å². The molecule has 0 bridgehead atoms. The lowest BCUT2D eigenvalue weighted by Gasteiger charge is -2.32. The van der Waals surface area contributed by atoms with Crippen molar-refractivity contribution in [2.45, 2.75) is 19.8 Å². The summed E-state index contributed by atoms with van der Waals surface area (Å²) >= 11 is 0. The molecule has 1 aromatic heterocycles. The SMILES string of the molecule is CNCC1CCCN(C(=O)c2cc(C)[nH]n2)C1. The first-order valence-corrected chi connectivity index (χ1v) is 6.16. The molecular weight excluding hydrogens is 216 g/mol. The Morgan fingerprint density at radius 1 is 1.71 bits per heavy atom. The van der Waals surface area contributed by atoms with E-state index in [1.165, 1.54) is 6.42 Å². The number of carbonyl (C=O) groups excluding carboxylic acids is 1. The molecule has 94 valence electrons. The van der Waals surface area contributed by atoms with Crippen LogP contribution in [0.15, 0.2) is 6.07 Å². The number of piperidine rings is 1. The summed E-state index contributed by atoms with van der Waals surface area (Å²) in [4.78, 5) is 14.1. The summed E-state index contributed by atoms with van der Waals surface area (Å²) in [6, 6.07) is 1.81. The van der Waals surface area contributed by atoms with Gasteiger partial charge in [0.1, 0.15) is 5.69 Å². The summed E-state index contributed by atoms with van der Waals surface area (Å²) in [6.45, 7) is 4.57. The summed E-state index contributed by atoms with van der Waals surface area (Å²) in [5.41, 5.74) is 1.46. The molecule has 1 fully saturated rings. The first-order chi connectivity index (χ1) is 8.20. The fraction of sp³-hybridized carbons (Fsp3) is 0.667. The second-order valence-corrected chi connectivity index (χ2v) is 4.75. The molecule has 0 aromatic carbocycles. The molecule has 5 heteroatoms. The van der Waals surface area contributed by atoms with Gasteiger partial charge in [0.15, 0.2) is 0 Å². The van der Waals surface area contributed by atoms with Crippen LogP contribution in [0, 0.1) is 12.8 Å². The molecular formula is C12H20N4O. The molecule has 1 aromatic rings. The fourth-order valence-electron chi connectivity index (χ4n) is 2.39. The molecule has 1 atom stereocenters. The molecule has 2 rings (SSSR count). The minimum atomic E-state index is 0.0511. The summed E-state index contributed by atoms with van der Waals surface area (Å²) in [5, 5.41) is 10.0. The summed E-state index contributed by atoms with van der Waals surface area (Å²) in [7, 11) is 1.96. The number of rotatable bonds is 3. The standard InChI is InChI=1S/C12H20N4O/c1-9-6-11(15-14-9)12(17)16-5-3-4-10(8-16)7-13-2/h6,10,13H,3-5,7-8H2,1-2H3,(H,14,15). The maximum absolute atomic E-state index is 12.2. The van der Waals surface area contributed by atoms with Crippen molar-refractivity contribution in [2.75, 3.05) is 26.7 Å². The van der Waals surface area contributed by atoms with Gasteiger partial charge in [-0.15, -0.1) is 0 Å². The van der Waals surface area contributed by atoms with Crippen LogP contribution in [0.3, 0.4) is 0 Å². The number of likely N-dealkylation sites (tertiary alicyclic amines) is 1. The average Bonchev–Trinajstić information content (AvgIpc) is 2.76. The normalized spacial score (nSPS) is 20.6. The smallest absolute Gasteiger partial charge is 0.274 e. The van der Waals surface area contributed by atoms with E-state index < -0.39 is 0 Å². The third-order valence-electron chi connectivity index (χ3n) is 3.22. The number of nitrogens with zero attached hydrogens (tertiary/aromatic N) is 2. The molecule has 1 amide bonds. The van der Waals surface area contributed by atoms with E-state index in [0.29, 0.717) is 11.6 Å². The largest absolute Gasteiger partial charge is 0.337 e. The molecule has 1 aliphatic heterocycles. The van der Waals surface area contributed by atoms with Crippen LogP contribution in [0.2, 0.25) is 0 Å². The van der Waals surface area contributed by atoms with Gasteiger partial charge < -0.3 is 10.2 Å².